The number of ether oxygens (including phenoxy) is 1. The summed E-state index contributed by atoms with van der Waals surface area (Å²) in [5.41, 5.74) is 10.6. The molecule has 0 unspecified atom stereocenters. The lowest BCUT2D eigenvalue weighted by atomic mass is 10.1. The Labute approximate surface area is 124 Å². The maximum Gasteiger partial charge on any atom is 0.255 e. The topological polar surface area (TPSA) is 107 Å². The van der Waals surface area contributed by atoms with E-state index in [4.69, 9.17) is 16.2 Å². The minimum atomic E-state index is -0.599. The van der Waals surface area contributed by atoms with Crippen molar-refractivity contribution < 1.29 is 14.3 Å². The number of halogens is 1. The van der Waals surface area contributed by atoms with Gasteiger partial charge in [0.2, 0.25) is 0 Å². The molecule has 1 aromatic carbocycles. The fourth-order valence-electron chi connectivity index (χ4n) is 1.33. The highest BCUT2D eigenvalue weighted by Crippen LogP contribution is 2.17. The van der Waals surface area contributed by atoms with Crippen LogP contribution < -0.4 is 21.5 Å². The fourth-order valence-corrected chi connectivity index (χ4v) is 1.33. The second-order valence-electron chi connectivity index (χ2n) is 4.92. The molecule has 0 aliphatic carbocycles. The number of nitrogens with two attached hydrogens (primary N) is 2. The first-order chi connectivity index (χ1) is 8.79. The third kappa shape index (κ3) is 6.40. The zero-order valence-electron chi connectivity index (χ0n) is 11.5. The summed E-state index contributed by atoms with van der Waals surface area (Å²) in [5, 5.41) is 2.71. The predicted octanol–water partition coefficient (Wildman–Crippen LogP) is 0.440. The Morgan fingerprint density at radius 2 is 1.90 bits per heavy atom. The molecule has 6 nitrogen and oxygen atoms in total. The average Bonchev–Trinajstić information content (AvgIpc) is 2.33. The van der Waals surface area contributed by atoms with Gasteiger partial charge in [-0.25, -0.2) is 0 Å². The average molecular weight is 302 g/mol. The largest absolute Gasteiger partial charge is 0.483 e. The summed E-state index contributed by atoms with van der Waals surface area (Å²) in [6.45, 7) is 3.67. The summed E-state index contributed by atoms with van der Waals surface area (Å²) in [5.74, 6) is -0.592. The molecule has 0 fully saturated rings. The smallest absolute Gasteiger partial charge is 0.255 e. The summed E-state index contributed by atoms with van der Waals surface area (Å²) in [4.78, 5) is 22.7. The van der Waals surface area contributed by atoms with Gasteiger partial charge in [-0.3, -0.25) is 9.59 Å². The van der Waals surface area contributed by atoms with Crippen molar-refractivity contribution in [2.24, 2.45) is 11.5 Å². The van der Waals surface area contributed by atoms with Gasteiger partial charge >= 0.3 is 0 Å². The number of nitrogens with one attached hydrogen (secondary N) is 1. The minimum absolute atomic E-state index is 0. The Morgan fingerprint density at radius 1 is 1.30 bits per heavy atom. The Kier molecular flexibility index (Phi) is 7.02. The second-order valence-corrected chi connectivity index (χ2v) is 4.92. The molecular formula is C13H20ClN3O3. The zero-order chi connectivity index (χ0) is 14.5. The quantitative estimate of drug-likeness (QED) is 0.708. The molecule has 5 N–H and O–H groups in total. The maximum atomic E-state index is 12.0. The number of hydrogen-bond acceptors (Lipinski definition) is 4. The van der Waals surface area contributed by atoms with Gasteiger partial charge in [-0.05, 0) is 26.0 Å². The highest BCUT2D eigenvalue weighted by Gasteiger charge is 2.16. The van der Waals surface area contributed by atoms with E-state index in [-0.39, 0.29) is 24.9 Å². The molecule has 0 heterocycles. The summed E-state index contributed by atoms with van der Waals surface area (Å²) in [6.07, 6.45) is 0. The van der Waals surface area contributed by atoms with Crippen LogP contribution >= 0.6 is 12.4 Å². The van der Waals surface area contributed by atoms with E-state index in [0.717, 1.165) is 0 Å². The van der Waals surface area contributed by atoms with Gasteiger partial charge in [0.05, 0.1) is 5.56 Å². The first-order valence-electron chi connectivity index (χ1n) is 5.87. The van der Waals surface area contributed by atoms with Gasteiger partial charge in [0, 0.05) is 12.1 Å². The molecule has 0 aliphatic rings. The van der Waals surface area contributed by atoms with Gasteiger partial charge in [0.15, 0.2) is 6.61 Å². The molecule has 1 aromatic rings. The van der Waals surface area contributed by atoms with Crippen LogP contribution in [-0.2, 0) is 4.79 Å². The number of benzene rings is 1. The minimum Gasteiger partial charge on any atom is -0.483 e. The van der Waals surface area contributed by atoms with Crippen molar-refractivity contribution in [1.29, 1.82) is 0 Å². The van der Waals surface area contributed by atoms with E-state index in [0.29, 0.717) is 17.9 Å². The number of primary amides is 1. The van der Waals surface area contributed by atoms with Gasteiger partial charge in [-0.2, -0.15) is 0 Å². The van der Waals surface area contributed by atoms with Gasteiger partial charge in [0.25, 0.3) is 11.8 Å². The van der Waals surface area contributed by atoms with Crippen LogP contribution in [-0.4, -0.2) is 30.5 Å². The molecule has 1 rings (SSSR count). The van der Waals surface area contributed by atoms with E-state index in [9.17, 15) is 9.59 Å². The van der Waals surface area contributed by atoms with Gasteiger partial charge in [-0.15, -0.1) is 12.4 Å². The van der Waals surface area contributed by atoms with Crippen molar-refractivity contribution in [2.45, 2.75) is 19.4 Å². The van der Waals surface area contributed by atoms with Crippen LogP contribution in [0.4, 0.5) is 0 Å². The standard InChI is InChI=1S/C13H19N3O3.ClH/c1-13(2,15)8-16-12(18)9-5-3-4-6-10(9)19-7-11(14)17;/h3-6H,7-8,15H2,1-2H3,(H2,14,17)(H,16,18);1H. The summed E-state index contributed by atoms with van der Waals surface area (Å²) in [7, 11) is 0. The SMILES string of the molecule is CC(C)(N)CNC(=O)c1ccccc1OCC(N)=O.Cl. The van der Waals surface area contributed by atoms with Crippen LogP contribution in [0.25, 0.3) is 0 Å². The molecule has 0 aliphatic heterocycles. The molecule has 7 heteroatoms. The number of carbonyl (C=O) groups excluding carboxylic acids is 2. The maximum absolute atomic E-state index is 12.0. The Hall–Kier alpha value is -1.79. The first kappa shape index (κ1) is 18.2. The van der Waals surface area contributed by atoms with Crippen molar-refractivity contribution in [3.63, 3.8) is 0 Å². The van der Waals surface area contributed by atoms with Gasteiger partial charge in [0.1, 0.15) is 5.75 Å². The highest BCUT2D eigenvalue weighted by atomic mass is 35.5. The molecular weight excluding hydrogens is 282 g/mol. The van der Waals surface area contributed by atoms with Crippen molar-refractivity contribution in [3.05, 3.63) is 29.8 Å². The van der Waals surface area contributed by atoms with Crippen molar-refractivity contribution in [1.82, 2.24) is 5.32 Å². The molecule has 0 bridgehead atoms. The monoisotopic (exact) mass is 301 g/mol. The Morgan fingerprint density at radius 3 is 2.45 bits per heavy atom. The first-order valence-corrected chi connectivity index (χ1v) is 5.87. The van der Waals surface area contributed by atoms with E-state index in [1.54, 1.807) is 24.3 Å². The van der Waals surface area contributed by atoms with Crippen molar-refractivity contribution >= 4 is 24.2 Å². The number of para-hydroxylation sites is 1. The Balaban J connectivity index is 0.00000361. The Bertz CT molecular complexity index is 472. The van der Waals surface area contributed by atoms with Crippen molar-refractivity contribution in [3.8, 4) is 5.75 Å². The van der Waals surface area contributed by atoms with Gasteiger partial charge in [-0.1, -0.05) is 12.1 Å². The third-order valence-corrected chi connectivity index (χ3v) is 2.21. The van der Waals surface area contributed by atoms with E-state index < -0.39 is 11.4 Å². The molecule has 112 valence electrons. The number of amides is 2. The van der Waals surface area contributed by atoms with Crippen LogP contribution in [0.5, 0.6) is 5.75 Å². The highest BCUT2D eigenvalue weighted by molar-refractivity contribution is 5.97. The number of hydrogen-bond donors (Lipinski definition) is 3. The number of carbonyl (C=O) groups is 2. The summed E-state index contributed by atoms with van der Waals surface area (Å²) in [6, 6.07) is 6.63. The molecule has 0 atom stereocenters. The lowest BCUT2D eigenvalue weighted by molar-refractivity contribution is -0.119. The van der Waals surface area contributed by atoms with Crippen LogP contribution in [0, 0.1) is 0 Å². The molecule has 20 heavy (non-hydrogen) atoms. The van der Waals surface area contributed by atoms with E-state index in [2.05, 4.69) is 5.32 Å². The third-order valence-electron chi connectivity index (χ3n) is 2.21. The predicted molar refractivity (Wildman–Crippen MR) is 79.0 cm³/mol. The molecule has 0 saturated carbocycles. The zero-order valence-corrected chi connectivity index (χ0v) is 12.3. The number of rotatable bonds is 6. The molecule has 0 radical (unpaired) electrons. The summed E-state index contributed by atoms with van der Waals surface area (Å²) >= 11 is 0. The van der Waals surface area contributed by atoms with Crippen LogP contribution in [0.3, 0.4) is 0 Å². The van der Waals surface area contributed by atoms with E-state index in [1.165, 1.54) is 0 Å². The fraction of sp³-hybridized carbons (Fsp3) is 0.385. The second kappa shape index (κ2) is 7.72. The van der Waals surface area contributed by atoms with Crippen LogP contribution in [0.1, 0.15) is 24.2 Å². The normalized spacial score (nSPS) is 10.3. The lowest BCUT2D eigenvalue weighted by Gasteiger charge is -2.19. The van der Waals surface area contributed by atoms with Gasteiger partial charge < -0.3 is 21.5 Å². The van der Waals surface area contributed by atoms with E-state index in [1.807, 2.05) is 13.8 Å². The van der Waals surface area contributed by atoms with Crippen molar-refractivity contribution in [2.75, 3.05) is 13.2 Å². The molecule has 0 spiro atoms. The van der Waals surface area contributed by atoms with E-state index >= 15 is 0 Å². The van der Waals surface area contributed by atoms with Crippen LogP contribution in [0.15, 0.2) is 24.3 Å². The molecule has 2 amide bonds. The van der Waals surface area contributed by atoms with Crippen LogP contribution in [0.2, 0.25) is 0 Å². The molecule has 0 saturated heterocycles. The lowest BCUT2D eigenvalue weighted by Crippen LogP contribution is -2.45. The summed E-state index contributed by atoms with van der Waals surface area (Å²) < 4.78 is 5.19. The molecule has 0 aromatic heterocycles.